The molecule has 1 aromatic heterocycles. The van der Waals surface area contributed by atoms with Crippen LogP contribution in [-0.2, 0) is 9.53 Å². The molecule has 134 valence electrons. The van der Waals surface area contributed by atoms with Crippen LogP contribution in [0.3, 0.4) is 0 Å². The minimum atomic E-state index is -0.916. The molecule has 1 atom stereocenters. The van der Waals surface area contributed by atoms with Gasteiger partial charge in [0.2, 0.25) is 6.10 Å². The maximum atomic E-state index is 12.2. The molecule has 27 heavy (non-hydrogen) atoms. The molecule has 0 amide bonds. The monoisotopic (exact) mass is 360 g/mol. The maximum absolute atomic E-state index is 12.2. The van der Waals surface area contributed by atoms with E-state index < -0.39 is 17.7 Å². The van der Waals surface area contributed by atoms with E-state index in [-0.39, 0.29) is 0 Å². The summed E-state index contributed by atoms with van der Waals surface area (Å²) < 4.78 is 16.2. The van der Waals surface area contributed by atoms with Gasteiger partial charge in [-0.25, -0.2) is 9.59 Å². The van der Waals surface area contributed by atoms with Crippen molar-refractivity contribution < 1.29 is 18.7 Å². The summed E-state index contributed by atoms with van der Waals surface area (Å²) in [5.74, 6) is -0.110. The van der Waals surface area contributed by atoms with Gasteiger partial charge in [-0.15, -0.1) is 0 Å². The number of rotatable bonds is 4. The number of ether oxygens (including phenoxy) is 2. The Morgan fingerprint density at radius 3 is 2.33 bits per heavy atom. The summed E-state index contributed by atoms with van der Waals surface area (Å²) in [4.78, 5) is 24.4. The predicted octanol–water partition coefficient (Wildman–Crippen LogP) is 4.24. The Hall–Kier alpha value is -3.60. The number of carbonyl (C=O) groups is 1. The Morgan fingerprint density at radius 2 is 1.59 bits per heavy atom. The molecule has 0 N–H and O–H groups in total. The summed E-state index contributed by atoms with van der Waals surface area (Å²) in [6.45, 7) is 0. The number of fused-ring (bicyclic) bond motifs is 3. The first-order chi connectivity index (χ1) is 13.2. The third-order valence-corrected chi connectivity index (χ3v) is 4.36. The average molecular weight is 360 g/mol. The predicted molar refractivity (Wildman–Crippen MR) is 102 cm³/mol. The van der Waals surface area contributed by atoms with Crippen molar-refractivity contribution >= 4 is 27.7 Å². The number of methoxy groups -OCH3 is 1. The van der Waals surface area contributed by atoms with Gasteiger partial charge in [0.15, 0.2) is 0 Å². The molecule has 0 aliphatic carbocycles. The first-order valence-corrected chi connectivity index (χ1v) is 8.42. The zero-order chi connectivity index (χ0) is 18.8. The first kappa shape index (κ1) is 16.8. The molecule has 0 radical (unpaired) electrons. The smallest absolute Gasteiger partial charge is 0.351 e. The fraction of sp³-hybridized carbons (Fsp3) is 0.0909. The molecule has 0 spiro atoms. The third kappa shape index (κ3) is 3.15. The molecule has 0 bridgehead atoms. The van der Waals surface area contributed by atoms with Crippen LogP contribution in [0.1, 0.15) is 11.7 Å². The topological polar surface area (TPSA) is 65.7 Å². The summed E-state index contributed by atoms with van der Waals surface area (Å²) in [6.07, 6.45) is -0.916. The lowest BCUT2D eigenvalue weighted by molar-refractivity contribution is -0.149. The Balaban J connectivity index is 1.78. The molecule has 1 heterocycles. The lowest BCUT2D eigenvalue weighted by Gasteiger charge is -2.17. The molecule has 4 aromatic rings. The van der Waals surface area contributed by atoms with Crippen LogP contribution in [0.5, 0.6) is 5.75 Å². The van der Waals surface area contributed by atoms with Crippen molar-refractivity contribution in [2.75, 3.05) is 7.11 Å². The molecular formula is C22H16O5. The lowest BCUT2D eigenvalue weighted by Crippen LogP contribution is -2.20. The van der Waals surface area contributed by atoms with E-state index in [4.69, 9.17) is 13.9 Å². The van der Waals surface area contributed by atoms with E-state index in [1.165, 1.54) is 7.11 Å². The van der Waals surface area contributed by atoms with Crippen LogP contribution in [0.25, 0.3) is 21.7 Å². The zero-order valence-corrected chi connectivity index (χ0v) is 14.5. The van der Waals surface area contributed by atoms with Gasteiger partial charge in [0.05, 0.1) is 12.5 Å². The lowest BCUT2D eigenvalue weighted by atomic mass is 10.1. The molecule has 5 heteroatoms. The van der Waals surface area contributed by atoms with Gasteiger partial charge in [0.25, 0.3) is 0 Å². The van der Waals surface area contributed by atoms with Crippen LogP contribution < -0.4 is 10.4 Å². The van der Waals surface area contributed by atoms with Crippen molar-refractivity contribution in [3.8, 4) is 5.75 Å². The van der Waals surface area contributed by atoms with Crippen molar-refractivity contribution in [3.05, 3.63) is 88.8 Å². The van der Waals surface area contributed by atoms with E-state index in [1.807, 2.05) is 36.4 Å². The van der Waals surface area contributed by atoms with Crippen molar-refractivity contribution in [2.24, 2.45) is 0 Å². The van der Waals surface area contributed by atoms with Crippen LogP contribution in [0.2, 0.25) is 0 Å². The second kappa shape index (κ2) is 6.96. The van der Waals surface area contributed by atoms with Gasteiger partial charge in [-0.05, 0) is 23.6 Å². The molecule has 0 aliphatic rings. The summed E-state index contributed by atoms with van der Waals surface area (Å²) in [7, 11) is 1.31. The molecule has 0 aliphatic heterocycles. The summed E-state index contributed by atoms with van der Waals surface area (Å²) in [5.41, 5.74) is 0.653. The highest BCUT2D eigenvalue weighted by atomic mass is 16.6. The Labute approximate surface area is 154 Å². The number of hydrogen-bond acceptors (Lipinski definition) is 5. The summed E-state index contributed by atoms with van der Waals surface area (Å²) in [6, 6.07) is 21.5. The van der Waals surface area contributed by atoms with E-state index in [1.54, 1.807) is 36.4 Å². The van der Waals surface area contributed by atoms with E-state index >= 15 is 0 Å². The van der Waals surface area contributed by atoms with Crippen molar-refractivity contribution in [1.82, 2.24) is 0 Å². The highest BCUT2D eigenvalue weighted by molar-refractivity contribution is 6.04. The molecule has 0 fully saturated rings. The third-order valence-electron chi connectivity index (χ3n) is 4.36. The summed E-state index contributed by atoms with van der Waals surface area (Å²) >= 11 is 0. The average Bonchev–Trinajstić information content (AvgIpc) is 2.72. The number of esters is 1. The molecular weight excluding hydrogens is 344 g/mol. The summed E-state index contributed by atoms with van der Waals surface area (Å²) in [5, 5.41) is 2.13. The molecule has 5 nitrogen and oxygen atoms in total. The van der Waals surface area contributed by atoms with Crippen LogP contribution >= 0.6 is 0 Å². The van der Waals surface area contributed by atoms with Gasteiger partial charge in [0.1, 0.15) is 11.3 Å². The van der Waals surface area contributed by atoms with Gasteiger partial charge in [0, 0.05) is 17.0 Å². The number of hydrogen-bond donors (Lipinski definition) is 0. The number of benzene rings is 3. The van der Waals surface area contributed by atoms with Gasteiger partial charge in [-0.1, -0.05) is 48.5 Å². The first-order valence-electron chi connectivity index (χ1n) is 8.42. The van der Waals surface area contributed by atoms with E-state index in [0.717, 1.165) is 10.8 Å². The Bertz CT molecular complexity index is 1180. The minimum Gasteiger partial charge on any atom is -0.474 e. The Kier molecular flexibility index (Phi) is 4.34. The van der Waals surface area contributed by atoms with Crippen LogP contribution in [0.15, 0.2) is 82.0 Å². The quantitative estimate of drug-likeness (QED) is 0.309. The van der Waals surface area contributed by atoms with Crippen molar-refractivity contribution in [2.45, 2.75) is 6.10 Å². The molecule has 0 saturated heterocycles. The van der Waals surface area contributed by atoms with Gasteiger partial charge in [-0.2, -0.15) is 0 Å². The van der Waals surface area contributed by atoms with E-state index in [0.29, 0.717) is 22.3 Å². The fourth-order valence-electron chi connectivity index (χ4n) is 3.06. The molecule has 0 unspecified atom stereocenters. The highest BCUT2D eigenvalue weighted by Crippen LogP contribution is 2.29. The normalized spacial score (nSPS) is 12.0. The van der Waals surface area contributed by atoms with Crippen molar-refractivity contribution in [3.63, 3.8) is 0 Å². The van der Waals surface area contributed by atoms with Crippen LogP contribution in [0.4, 0.5) is 0 Å². The van der Waals surface area contributed by atoms with Crippen LogP contribution in [-0.4, -0.2) is 13.1 Å². The minimum absolute atomic E-state index is 0.396. The fourth-order valence-corrected chi connectivity index (χ4v) is 3.06. The van der Waals surface area contributed by atoms with E-state index in [2.05, 4.69) is 0 Å². The zero-order valence-electron chi connectivity index (χ0n) is 14.5. The second-order valence-corrected chi connectivity index (χ2v) is 6.02. The SMILES string of the molecule is COC(=O)[C@@H](Oc1ccc2c(c1)oc(=O)c1ccccc12)c1ccccc1. The van der Waals surface area contributed by atoms with Crippen molar-refractivity contribution in [1.29, 1.82) is 0 Å². The number of carbonyl (C=O) groups excluding carboxylic acids is 1. The van der Waals surface area contributed by atoms with E-state index in [9.17, 15) is 9.59 Å². The highest BCUT2D eigenvalue weighted by Gasteiger charge is 2.23. The molecule has 3 aromatic carbocycles. The Morgan fingerprint density at radius 1 is 0.889 bits per heavy atom. The van der Waals surface area contributed by atoms with Gasteiger partial charge < -0.3 is 13.9 Å². The largest absolute Gasteiger partial charge is 0.474 e. The van der Waals surface area contributed by atoms with Gasteiger partial charge in [-0.3, -0.25) is 0 Å². The molecule has 4 rings (SSSR count). The standard InChI is InChI=1S/C22H16O5/c1-25-22(24)20(14-7-3-2-4-8-14)26-15-11-12-17-16-9-5-6-10-18(16)21(23)27-19(17)13-15/h2-13,20H,1H3/t20-/m0/s1. The van der Waals surface area contributed by atoms with Crippen LogP contribution in [0, 0.1) is 0 Å². The molecule has 0 saturated carbocycles. The van der Waals surface area contributed by atoms with Gasteiger partial charge >= 0.3 is 11.6 Å². The maximum Gasteiger partial charge on any atom is 0.351 e. The second-order valence-electron chi connectivity index (χ2n) is 6.02.